The van der Waals surface area contributed by atoms with E-state index in [2.05, 4.69) is 125 Å². The highest BCUT2D eigenvalue weighted by atomic mass is 16.2. The lowest BCUT2D eigenvalue weighted by molar-refractivity contribution is -0.126. The van der Waals surface area contributed by atoms with E-state index in [0.29, 0.717) is 6.54 Å². The molecule has 0 aromatic heterocycles. The molecule has 0 aliphatic carbocycles. The number of carbonyl (C=O) groups is 1. The zero-order valence-electron chi connectivity index (χ0n) is 25.2. The van der Waals surface area contributed by atoms with E-state index in [-0.39, 0.29) is 39.7 Å². The van der Waals surface area contributed by atoms with E-state index in [9.17, 15) is 4.79 Å². The first-order valence-electron chi connectivity index (χ1n) is 13.5. The van der Waals surface area contributed by atoms with E-state index >= 15 is 0 Å². The lowest BCUT2D eigenvalue weighted by Gasteiger charge is -2.35. The average molecular weight is 491 g/mol. The molecule has 1 saturated heterocycles. The normalized spacial score (nSPS) is 17.9. The van der Waals surface area contributed by atoms with Crippen LogP contribution < -0.4 is 5.32 Å². The third-order valence-electron chi connectivity index (χ3n) is 7.68. The molecule has 3 nitrogen and oxygen atoms in total. The molecule has 1 amide bonds. The summed E-state index contributed by atoms with van der Waals surface area (Å²) in [6.45, 7) is 27.8. The molecule has 36 heavy (non-hydrogen) atoms. The summed E-state index contributed by atoms with van der Waals surface area (Å²) in [4.78, 5) is 14.6. The maximum atomic E-state index is 12.7. The molecule has 1 aliphatic heterocycles. The summed E-state index contributed by atoms with van der Waals surface area (Å²) >= 11 is 0. The van der Waals surface area contributed by atoms with Gasteiger partial charge in [-0.2, -0.15) is 0 Å². The largest absolute Gasteiger partial charge is 0.328 e. The molecule has 1 fully saturated rings. The van der Waals surface area contributed by atoms with Crippen molar-refractivity contribution in [2.75, 3.05) is 13.6 Å². The van der Waals surface area contributed by atoms with Crippen LogP contribution in [0.2, 0.25) is 0 Å². The topological polar surface area (TPSA) is 32.3 Å². The lowest BCUT2D eigenvalue weighted by atomic mass is 9.74. The Kier molecular flexibility index (Phi) is 7.36. The van der Waals surface area contributed by atoms with Crippen LogP contribution in [0.1, 0.15) is 122 Å². The van der Waals surface area contributed by atoms with Gasteiger partial charge in [0, 0.05) is 13.0 Å². The number of nitrogens with zero attached hydrogens (tertiary/aromatic N) is 1. The molecule has 1 aliphatic rings. The Balaban J connectivity index is 2.38. The van der Waals surface area contributed by atoms with Crippen molar-refractivity contribution in [3.63, 3.8) is 0 Å². The second-order valence-corrected chi connectivity index (χ2v) is 15.0. The van der Waals surface area contributed by atoms with Gasteiger partial charge in [0.25, 0.3) is 0 Å². The number of benzene rings is 2. The van der Waals surface area contributed by atoms with Crippen molar-refractivity contribution in [2.24, 2.45) is 0 Å². The first-order valence-corrected chi connectivity index (χ1v) is 13.5. The minimum absolute atomic E-state index is 0.0215. The highest BCUT2D eigenvalue weighted by Gasteiger charge is 2.37. The lowest BCUT2D eigenvalue weighted by Crippen LogP contribution is -2.40. The van der Waals surface area contributed by atoms with Gasteiger partial charge in [-0.05, 0) is 55.0 Å². The Labute approximate surface area is 221 Å². The second kappa shape index (κ2) is 9.31. The van der Waals surface area contributed by atoms with Gasteiger partial charge in [-0.1, -0.05) is 119 Å². The molecule has 2 aromatic rings. The van der Waals surface area contributed by atoms with Gasteiger partial charge >= 0.3 is 0 Å². The molecular formula is C33H50N2O. The summed E-state index contributed by atoms with van der Waals surface area (Å²) in [5, 5.41) is 3.56. The smallest absolute Gasteiger partial charge is 0.237 e. The molecule has 2 aromatic carbocycles. The van der Waals surface area contributed by atoms with E-state index in [4.69, 9.17) is 0 Å². The molecule has 3 rings (SSSR count). The molecule has 0 unspecified atom stereocenters. The number of carbonyl (C=O) groups excluding carboxylic acids is 1. The van der Waals surface area contributed by atoms with Crippen LogP contribution in [0.3, 0.4) is 0 Å². The molecule has 0 radical (unpaired) electrons. The summed E-state index contributed by atoms with van der Waals surface area (Å²) in [5.74, 6) is 0.171. The van der Waals surface area contributed by atoms with Crippen LogP contribution in [0, 0.1) is 0 Å². The van der Waals surface area contributed by atoms with Crippen molar-refractivity contribution >= 4 is 5.91 Å². The Morgan fingerprint density at radius 3 is 1.17 bits per heavy atom. The highest BCUT2D eigenvalue weighted by molar-refractivity contribution is 5.80. The highest BCUT2D eigenvalue weighted by Crippen LogP contribution is 2.40. The number of hydrogen-bond acceptors (Lipinski definition) is 2. The van der Waals surface area contributed by atoms with E-state index in [1.54, 1.807) is 0 Å². The third kappa shape index (κ3) is 6.05. The van der Waals surface area contributed by atoms with Gasteiger partial charge in [0.15, 0.2) is 0 Å². The fraction of sp³-hybridized carbons (Fsp3) is 0.606. The fourth-order valence-corrected chi connectivity index (χ4v) is 4.90. The first-order chi connectivity index (χ1) is 16.2. The van der Waals surface area contributed by atoms with Gasteiger partial charge in [-0.3, -0.25) is 10.1 Å². The van der Waals surface area contributed by atoms with E-state index in [0.717, 1.165) is 0 Å². The molecular weight excluding hydrogens is 440 g/mol. The van der Waals surface area contributed by atoms with Crippen LogP contribution in [-0.4, -0.2) is 30.6 Å². The van der Waals surface area contributed by atoms with Crippen LogP contribution in [0.5, 0.6) is 0 Å². The predicted molar refractivity (Wildman–Crippen MR) is 154 cm³/mol. The maximum Gasteiger partial charge on any atom is 0.237 e. The fourth-order valence-electron chi connectivity index (χ4n) is 4.90. The van der Waals surface area contributed by atoms with Gasteiger partial charge in [0.05, 0.1) is 12.7 Å². The summed E-state index contributed by atoms with van der Waals surface area (Å²) in [5.41, 5.74) is 7.99. The van der Waals surface area contributed by atoms with Gasteiger partial charge in [-0.25, -0.2) is 0 Å². The Hall–Kier alpha value is -2.13. The summed E-state index contributed by atoms with van der Waals surface area (Å²) in [6, 6.07) is 14.3. The van der Waals surface area contributed by atoms with Crippen molar-refractivity contribution in [1.82, 2.24) is 10.2 Å². The average Bonchev–Trinajstić information content (AvgIpc) is 3.04. The van der Waals surface area contributed by atoms with E-state index in [1.807, 2.05) is 11.9 Å². The quantitative estimate of drug-likeness (QED) is 0.486. The van der Waals surface area contributed by atoms with Gasteiger partial charge < -0.3 is 4.90 Å². The van der Waals surface area contributed by atoms with Gasteiger partial charge in [-0.15, -0.1) is 0 Å². The summed E-state index contributed by atoms with van der Waals surface area (Å²) in [7, 11) is 1.94. The number of amides is 1. The standard InChI is InChI=1S/C33H50N2O/c1-30(2,3)23-14-21(15-24(18-23)31(4,5)6)28(29-34-20-27(36)35(29)13)22-16-25(32(7,8)9)19-26(17-22)33(10,11)12/h14-19,28-29,34H,20H2,1-13H3/t29-/m0/s1. The van der Waals surface area contributed by atoms with Crippen LogP contribution in [0.25, 0.3) is 0 Å². The van der Waals surface area contributed by atoms with Crippen molar-refractivity contribution in [3.8, 4) is 0 Å². The molecule has 0 bridgehead atoms. The minimum atomic E-state index is -0.0939. The summed E-state index contributed by atoms with van der Waals surface area (Å²) < 4.78 is 0. The van der Waals surface area contributed by atoms with Gasteiger partial charge in [0.1, 0.15) is 0 Å². The zero-order chi connectivity index (χ0) is 27.4. The minimum Gasteiger partial charge on any atom is -0.328 e. The molecule has 0 spiro atoms. The summed E-state index contributed by atoms with van der Waals surface area (Å²) in [6.07, 6.45) is -0.0939. The first kappa shape index (κ1) is 28.4. The molecule has 1 heterocycles. The van der Waals surface area contributed by atoms with Crippen molar-refractivity contribution in [3.05, 3.63) is 69.8 Å². The third-order valence-corrected chi connectivity index (χ3v) is 7.68. The predicted octanol–water partition coefficient (Wildman–Crippen LogP) is 7.40. The van der Waals surface area contributed by atoms with Gasteiger partial charge in [0.2, 0.25) is 5.91 Å². The van der Waals surface area contributed by atoms with Crippen LogP contribution in [-0.2, 0) is 26.5 Å². The Morgan fingerprint density at radius 2 is 0.944 bits per heavy atom. The molecule has 0 saturated carbocycles. The van der Waals surface area contributed by atoms with E-state index in [1.165, 1.54) is 33.4 Å². The Bertz CT molecular complexity index is 976. The number of likely N-dealkylation sites (N-methyl/N-ethyl adjacent to an activating group) is 1. The Morgan fingerprint density at radius 1 is 0.639 bits per heavy atom. The number of rotatable bonds is 3. The SMILES string of the molecule is CN1C(=O)CN[C@@H]1C(c1cc(C(C)(C)C)cc(C(C)(C)C)c1)c1cc(C(C)(C)C)cc(C(C)(C)C)c1. The van der Waals surface area contributed by atoms with Crippen molar-refractivity contribution in [2.45, 2.75) is 117 Å². The molecule has 3 heteroatoms. The number of nitrogens with one attached hydrogen (secondary N) is 1. The van der Waals surface area contributed by atoms with E-state index < -0.39 is 0 Å². The number of hydrogen-bond donors (Lipinski definition) is 1. The maximum absolute atomic E-state index is 12.7. The zero-order valence-corrected chi connectivity index (χ0v) is 25.2. The van der Waals surface area contributed by atoms with Crippen molar-refractivity contribution < 1.29 is 4.79 Å². The van der Waals surface area contributed by atoms with Crippen LogP contribution in [0.4, 0.5) is 0 Å². The molecule has 1 N–H and O–H groups in total. The van der Waals surface area contributed by atoms with Crippen molar-refractivity contribution in [1.29, 1.82) is 0 Å². The monoisotopic (exact) mass is 490 g/mol. The van der Waals surface area contributed by atoms with Crippen LogP contribution >= 0.6 is 0 Å². The van der Waals surface area contributed by atoms with Crippen LogP contribution in [0.15, 0.2) is 36.4 Å². The molecule has 1 atom stereocenters. The second-order valence-electron chi connectivity index (χ2n) is 15.0. The molecule has 198 valence electrons.